The Kier molecular flexibility index (Phi) is 3.23. The van der Waals surface area contributed by atoms with Crippen molar-refractivity contribution in [3.63, 3.8) is 0 Å². The molecule has 0 aliphatic carbocycles. The molecule has 0 bridgehead atoms. The van der Waals surface area contributed by atoms with Crippen LogP contribution in [0.15, 0.2) is 18.5 Å². The van der Waals surface area contributed by atoms with Gasteiger partial charge in [0, 0.05) is 31.5 Å². The fourth-order valence-electron chi connectivity index (χ4n) is 1.34. The molecule has 2 rings (SSSR count). The van der Waals surface area contributed by atoms with Crippen LogP contribution in [0.4, 0.5) is 0 Å². The van der Waals surface area contributed by atoms with Crippen LogP contribution in [0.25, 0.3) is 5.57 Å². The minimum Gasteiger partial charge on any atom is -0.352 e. The van der Waals surface area contributed by atoms with Crippen LogP contribution in [0.2, 0.25) is 0 Å². The number of hydrogen-bond donors (Lipinski definition) is 2. The molecule has 6 heteroatoms. The molecule has 0 spiro atoms. The van der Waals surface area contributed by atoms with Gasteiger partial charge in [-0.15, -0.1) is 0 Å². The first-order chi connectivity index (χ1) is 7.81. The minimum atomic E-state index is -0.290. The SMILES string of the molecule is CNC(=O)c1ncc(C2=CCNOC2)cn1. The lowest BCUT2D eigenvalue weighted by Gasteiger charge is -2.13. The number of amides is 1. The van der Waals surface area contributed by atoms with Crippen LogP contribution in [-0.2, 0) is 4.84 Å². The number of carbonyl (C=O) groups is 1. The highest BCUT2D eigenvalue weighted by Crippen LogP contribution is 2.13. The van der Waals surface area contributed by atoms with Gasteiger partial charge in [-0.25, -0.2) is 9.97 Å². The van der Waals surface area contributed by atoms with Gasteiger partial charge in [0.2, 0.25) is 5.82 Å². The van der Waals surface area contributed by atoms with Crippen LogP contribution in [0, 0.1) is 0 Å². The molecule has 2 N–H and O–H groups in total. The lowest BCUT2D eigenvalue weighted by atomic mass is 10.1. The van der Waals surface area contributed by atoms with Gasteiger partial charge in [-0.05, 0) is 5.57 Å². The minimum absolute atomic E-state index is 0.168. The Morgan fingerprint density at radius 1 is 1.50 bits per heavy atom. The molecule has 0 atom stereocenters. The van der Waals surface area contributed by atoms with E-state index >= 15 is 0 Å². The Morgan fingerprint density at radius 3 is 2.81 bits per heavy atom. The first kappa shape index (κ1) is 10.7. The number of hydrogen-bond acceptors (Lipinski definition) is 5. The topological polar surface area (TPSA) is 76.1 Å². The van der Waals surface area contributed by atoms with Crippen molar-refractivity contribution in [1.29, 1.82) is 0 Å². The zero-order valence-corrected chi connectivity index (χ0v) is 8.86. The van der Waals surface area contributed by atoms with Gasteiger partial charge < -0.3 is 5.32 Å². The fraction of sp³-hybridized carbons (Fsp3) is 0.300. The zero-order valence-electron chi connectivity index (χ0n) is 8.86. The van der Waals surface area contributed by atoms with Crippen molar-refractivity contribution < 1.29 is 9.63 Å². The van der Waals surface area contributed by atoms with Crippen molar-refractivity contribution in [1.82, 2.24) is 20.8 Å². The van der Waals surface area contributed by atoms with Crippen molar-refractivity contribution >= 4 is 11.5 Å². The Bertz CT molecular complexity index is 413. The second-order valence-electron chi connectivity index (χ2n) is 3.24. The van der Waals surface area contributed by atoms with Crippen molar-refractivity contribution in [2.75, 3.05) is 20.2 Å². The highest BCUT2D eigenvalue weighted by molar-refractivity contribution is 5.90. The van der Waals surface area contributed by atoms with Gasteiger partial charge in [-0.1, -0.05) is 6.08 Å². The van der Waals surface area contributed by atoms with Gasteiger partial charge in [0.25, 0.3) is 5.91 Å². The Balaban J connectivity index is 2.18. The Morgan fingerprint density at radius 2 is 2.25 bits per heavy atom. The van der Waals surface area contributed by atoms with E-state index in [1.807, 2.05) is 6.08 Å². The molecule has 0 radical (unpaired) electrons. The molecule has 1 aliphatic rings. The number of nitrogens with one attached hydrogen (secondary N) is 2. The average Bonchev–Trinajstić information content (AvgIpc) is 2.39. The predicted octanol–water partition coefficient (Wildman–Crippen LogP) is -0.246. The molecule has 6 nitrogen and oxygen atoms in total. The van der Waals surface area contributed by atoms with Gasteiger partial charge in [-0.3, -0.25) is 9.63 Å². The summed E-state index contributed by atoms with van der Waals surface area (Å²) in [6.07, 6.45) is 5.25. The molecule has 0 saturated heterocycles. The third-order valence-electron chi connectivity index (χ3n) is 2.21. The van der Waals surface area contributed by atoms with Crippen LogP contribution in [0.5, 0.6) is 0 Å². The first-order valence-electron chi connectivity index (χ1n) is 4.89. The first-order valence-corrected chi connectivity index (χ1v) is 4.89. The average molecular weight is 220 g/mol. The smallest absolute Gasteiger partial charge is 0.288 e. The summed E-state index contributed by atoms with van der Waals surface area (Å²) in [5.41, 5.74) is 4.63. The molecule has 1 aromatic heterocycles. The third kappa shape index (κ3) is 2.23. The summed E-state index contributed by atoms with van der Waals surface area (Å²) in [6, 6.07) is 0. The molecule has 0 aromatic carbocycles. The molecule has 16 heavy (non-hydrogen) atoms. The number of hydroxylamine groups is 1. The molecule has 84 valence electrons. The monoisotopic (exact) mass is 220 g/mol. The molecule has 0 fully saturated rings. The van der Waals surface area contributed by atoms with E-state index in [4.69, 9.17) is 4.84 Å². The maximum atomic E-state index is 11.2. The number of carbonyl (C=O) groups excluding carboxylic acids is 1. The maximum absolute atomic E-state index is 11.2. The molecule has 1 aliphatic heterocycles. The lowest BCUT2D eigenvalue weighted by Crippen LogP contribution is -2.22. The van der Waals surface area contributed by atoms with Gasteiger partial charge in [0.15, 0.2) is 0 Å². The standard InChI is InChI=1S/C10H12N4O2/c1-11-10(15)9-12-4-8(5-13-9)7-2-3-14-16-6-7/h2,4-5,14H,3,6H2,1H3,(H,11,15). The number of aromatic nitrogens is 2. The number of rotatable bonds is 2. The Hall–Kier alpha value is -1.79. The lowest BCUT2D eigenvalue weighted by molar-refractivity contribution is 0.0678. The van der Waals surface area contributed by atoms with E-state index < -0.39 is 0 Å². The Labute approximate surface area is 92.7 Å². The fourth-order valence-corrected chi connectivity index (χ4v) is 1.34. The second-order valence-corrected chi connectivity index (χ2v) is 3.24. The van der Waals surface area contributed by atoms with E-state index in [0.717, 1.165) is 11.1 Å². The van der Waals surface area contributed by atoms with Gasteiger partial charge in [-0.2, -0.15) is 5.48 Å². The van der Waals surface area contributed by atoms with Gasteiger partial charge in [0.05, 0.1) is 6.61 Å². The van der Waals surface area contributed by atoms with Crippen molar-refractivity contribution in [3.8, 4) is 0 Å². The zero-order chi connectivity index (χ0) is 11.4. The van der Waals surface area contributed by atoms with E-state index in [2.05, 4.69) is 20.8 Å². The molecular formula is C10H12N4O2. The summed E-state index contributed by atoms with van der Waals surface area (Å²) in [4.78, 5) is 24.3. The summed E-state index contributed by atoms with van der Waals surface area (Å²) in [5.74, 6) is -0.121. The maximum Gasteiger partial charge on any atom is 0.288 e. The van der Waals surface area contributed by atoms with Crippen LogP contribution < -0.4 is 10.8 Å². The van der Waals surface area contributed by atoms with E-state index in [9.17, 15) is 4.79 Å². The van der Waals surface area contributed by atoms with Crippen molar-refractivity contribution in [3.05, 3.63) is 29.9 Å². The van der Waals surface area contributed by atoms with Crippen LogP contribution in [0.3, 0.4) is 0 Å². The van der Waals surface area contributed by atoms with Crippen molar-refractivity contribution in [2.24, 2.45) is 0 Å². The normalized spacial score (nSPS) is 15.4. The largest absolute Gasteiger partial charge is 0.352 e. The predicted molar refractivity (Wildman–Crippen MR) is 57.4 cm³/mol. The molecule has 2 heterocycles. The summed E-state index contributed by atoms with van der Waals surface area (Å²) in [7, 11) is 1.54. The number of nitrogens with zero attached hydrogens (tertiary/aromatic N) is 2. The highest BCUT2D eigenvalue weighted by atomic mass is 16.6. The third-order valence-corrected chi connectivity index (χ3v) is 2.21. The second kappa shape index (κ2) is 4.82. The van der Waals surface area contributed by atoms with Crippen LogP contribution >= 0.6 is 0 Å². The quantitative estimate of drug-likeness (QED) is 0.719. The summed E-state index contributed by atoms with van der Waals surface area (Å²) < 4.78 is 0. The molecule has 0 unspecified atom stereocenters. The van der Waals surface area contributed by atoms with E-state index in [-0.39, 0.29) is 11.7 Å². The summed E-state index contributed by atoms with van der Waals surface area (Å²) in [6.45, 7) is 1.13. The molecule has 1 amide bonds. The van der Waals surface area contributed by atoms with Crippen LogP contribution in [0.1, 0.15) is 16.2 Å². The molecule has 1 aromatic rings. The van der Waals surface area contributed by atoms with Gasteiger partial charge in [0.1, 0.15) is 0 Å². The van der Waals surface area contributed by atoms with E-state index in [1.54, 1.807) is 19.4 Å². The molecular weight excluding hydrogens is 208 g/mol. The highest BCUT2D eigenvalue weighted by Gasteiger charge is 2.10. The molecule has 0 saturated carbocycles. The van der Waals surface area contributed by atoms with Crippen molar-refractivity contribution in [2.45, 2.75) is 0 Å². The van der Waals surface area contributed by atoms with E-state index in [1.165, 1.54) is 0 Å². The van der Waals surface area contributed by atoms with Gasteiger partial charge >= 0.3 is 0 Å². The summed E-state index contributed by atoms with van der Waals surface area (Å²) >= 11 is 0. The van der Waals surface area contributed by atoms with E-state index in [0.29, 0.717) is 13.2 Å². The van der Waals surface area contributed by atoms with Crippen LogP contribution in [-0.4, -0.2) is 36.1 Å². The summed E-state index contributed by atoms with van der Waals surface area (Å²) in [5, 5.41) is 2.47.